The first kappa shape index (κ1) is 15.9. The Balaban J connectivity index is 2.36. The van der Waals surface area contributed by atoms with E-state index < -0.39 is 5.97 Å². The molecule has 0 aliphatic heterocycles. The van der Waals surface area contributed by atoms with Gasteiger partial charge in [0.15, 0.2) is 0 Å². The third-order valence-electron chi connectivity index (χ3n) is 3.15. The SMILES string of the molecule is CCSc1cccc(N(C)Cc2scnc2C)c1C(=O)O. The van der Waals surface area contributed by atoms with Crippen LogP contribution in [-0.4, -0.2) is 28.9 Å². The molecule has 0 atom stereocenters. The summed E-state index contributed by atoms with van der Waals surface area (Å²) < 4.78 is 0. The Labute approximate surface area is 132 Å². The summed E-state index contributed by atoms with van der Waals surface area (Å²) in [5, 5.41) is 9.55. The summed E-state index contributed by atoms with van der Waals surface area (Å²) in [4.78, 5) is 19.8. The second-order valence-corrected chi connectivity index (χ2v) is 6.85. The van der Waals surface area contributed by atoms with Crippen LogP contribution in [0.4, 0.5) is 5.69 Å². The number of thioether (sulfide) groups is 1. The number of anilines is 1. The van der Waals surface area contributed by atoms with Crippen molar-refractivity contribution in [3.05, 3.63) is 39.8 Å². The Morgan fingerprint density at radius 3 is 2.81 bits per heavy atom. The molecule has 6 heteroatoms. The molecule has 0 spiro atoms. The summed E-state index contributed by atoms with van der Waals surface area (Å²) in [6, 6.07) is 5.64. The summed E-state index contributed by atoms with van der Waals surface area (Å²) in [6.45, 7) is 4.66. The number of hydrogen-bond donors (Lipinski definition) is 1. The van der Waals surface area contributed by atoms with Gasteiger partial charge in [0, 0.05) is 16.8 Å². The number of aryl methyl sites for hydroxylation is 1. The van der Waals surface area contributed by atoms with E-state index in [2.05, 4.69) is 4.98 Å². The lowest BCUT2D eigenvalue weighted by Gasteiger charge is -2.22. The van der Waals surface area contributed by atoms with Crippen LogP contribution in [0.3, 0.4) is 0 Å². The molecule has 112 valence electrons. The molecule has 1 aromatic heterocycles. The van der Waals surface area contributed by atoms with Gasteiger partial charge < -0.3 is 10.0 Å². The fraction of sp³-hybridized carbons (Fsp3) is 0.333. The Morgan fingerprint density at radius 2 is 2.24 bits per heavy atom. The number of carbonyl (C=O) groups is 1. The minimum atomic E-state index is -0.880. The maximum absolute atomic E-state index is 11.6. The average molecular weight is 322 g/mol. The molecule has 0 unspecified atom stereocenters. The lowest BCUT2D eigenvalue weighted by Crippen LogP contribution is -2.19. The number of benzene rings is 1. The summed E-state index contributed by atoms with van der Waals surface area (Å²) in [5.74, 6) is -0.0315. The molecular weight excluding hydrogens is 304 g/mol. The Bertz CT molecular complexity index is 640. The van der Waals surface area contributed by atoms with Gasteiger partial charge in [0.2, 0.25) is 0 Å². The van der Waals surface area contributed by atoms with Gasteiger partial charge in [-0.15, -0.1) is 23.1 Å². The van der Waals surface area contributed by atoms with Crippen molar-refractivity contribution in [1.82, 2.24) is 4.98 Å². The molecule has 0 fully saturated rings. The first-order valence-corrected chi connectivity index (χ1v) is 8.50. The van der Waals surface area contributed by atoms with E-state index in [1.54, 1.807) is 23.1 Å². The highest BCUT2D eigenvalue weighted by atomic mass is 32.2. The number of nitrogens with zero attached hydrogens (tertiary/aromatic N) is 2. The van der Waals surface area contributed by atoms with Gasteiger partial charge in [-0.2, -0.15) is 0 Å². The third kappa shape index (κ3) is 3.57. The smallest absolute Gasteiger partial charge is 0.338 e. The summed E-state index contributed by atoms with van der Waals surface area (Å²) in [6.07, 6.45) is 0. The van der Waals surface area contributed by atoms with Gasteiger partial charge in [0.05, 0.1) is 29.0 Å². The number of thiazole rings is 1. The molecule has 0 saturated heterocycles. The molecule has 0 bridgehead atoms. The van der Waals surface area contributed by atoms with E-state index in [1.807, 2.05) is 49.5 Å². The second-order valence-electron chi connectivity index (χ2n) is 4.61. The quantitative estimate of drug-likeness (QED) is 0.818. The lowest BCUT2D eigenvalue weighted by atomic mass is 10.1. The standard InChI is InChI=1S/C15H18N2O2S2/c1-4-20-12-7-5-6-11(14(12)15(18)19)17(3)8-13-10(2)16-9-21-13/h5-7,9H,4,8H2,1-3H3,(H,18,19). The van der Waals surface area contributed by atoms with Crippen molar-refractivity contribution in [3.63, 3.8) is 0 Å². The molecule has 1 heterocycles. The first-order chi connectivity index (χ1) is 10.0. The lowest BCUT2D eigenvalue weighted by molar-refractivity contribution is 0.0694. The maximum Gasteiger partial charge on any atom is 0.338 e. The average Bonchev–Trinajstić information content (AvgIpc) is 2.84. The molecule has 1 aromatic carbocycles. The van der Waals surface area contributed by atoms with Crippen molar-refractivity contribution in [2.45, 2.75) is 25.3 Å². The Kier molecular flexibility index (Phi) is 5.25. The molecular formula is C15H18N2O2S2. The van der Waals surface area contributed by atoms with Crippen molar-refractivity contribution >= 4 is 34.8 Å². The highest BCUT2D eigenvalue weighted by Gasteiger charge is 2.19. The van der Waals surface area contributed by atoms with Crippen LogP contribution in [0.5, 0.6) is 0 Å². The Hall–Kier alpha value is -1.53. The number of aromatic nitrogens is 1. The van der Waals surface area contributed by atoms with Gasteiger partial charge >= 0.3 is 5.97 Å². The van der Waals surface area contributed by atoms with Gasteiger partial charge in [-0.05, 0) is 24.8 Å². The van der Waals surface area contributed by atoms with Crippen LogP contribution >= 0.6 is 23.1 Å². The van der Waals surface area contributed by atoms with Crippen molar-refractivity contribution in [1.29, 1.82) is 0 Å². The monoisotopic (exact) mass is 322 g/mol. The summed E-state index contributed by atoms with van der Waals surface area (Å²) in [5.41, 5.74) is 3.95. The summed E-state index contributed by atoms with van der Waals surface area (Å²) >= 11 is 3.15. The van der Waals surface area contributed by atoms with Gasteiger partial charge in [0.25, 0.3) is 0 Å². The molecule has 21 heavy (non-hydrogen) atoms. The van der Waals surface area contributed by atoms with Crippen molar-refractivity contribution < 1.29 is 9.90 Å². The second kappa shape index (κ2) is 6.95. The molecule has 0 saturated carbocycles. The van der Waals surface area contributed by atoms with Crippen molar-refractivity contribution in [2.24, 2.45) is 0 Å². The zero-order chi connectivity index (χ0) is 15.4. The molecule has 0 aliphatic carbocycles. The van der Waals surface area contributed by atoms with Crippen LogP contribution in [0.25, 0.3) is 0 Å². The van der Waals surface area contributed by atoms with Crippen LogP contribution < -0.4 is 4.90 Å². The van der Waals surface area contributed by atoms with E-state index in [4.69, 9.17) is 0 Å². The maximum atomic E-state index is 11.6. The van der Waals surface area contributed by atoms with Crippen LogP contribution in [0, 0.1) is 6.92 Å². The molecule has 2 rings (SSSR count). The number of carboxylic acid groups (broad SMARTS) is 1. The predicted octanol–water partition coefficient (Wildman–Crippen LogP) is 3.90. The molecule has 4 nitrogen and oxygen atoms in total. The molecule has 0 aliphatic rings. The van der Waals surface area contributed by atoms with Gasteiger partial charge in [-0.25, -0.2) is 9.78 Å². The number of rotatable bonds is 6. The van der Waals surface area contributed by atoms with Crippen LogP contribution in [0.1, 0.15) is 27.9 Å². The van der Waals surface area contributed by atoms with Gasteiger partial charge in [-0.3, -0.25) is 0 Å². The normalized spacial score (nSPS) is 10.6. The highest BCUT2D eigenvalue weighted by molar-refractivity contribution is 7.99. The van der Waals surface area contributed by atoms with E-state index in [-0.39, 0.29) is 0 Å². The highest BCUT2D eigenvalue weighted by Crippen LogP contribution is 2.31. The predicted molar refractivity (Wildman–Crippen MR) is 88.8 cm³/mol. The van der Waals surface area contributed by atoms with Crippen LogP contribution in [0.15, 0.2) is 28.6 Å². The molecule has 2 aromatic rings. The largest absolute Gasteiger partial charge is 0.478 e. The number of aromatic carboxylic acids is 1. The molecule has 0 amide bonds. The number of carboxylic acids is 1. The minimum Gasteiger partial charge on any atom is -0.478 e. The van der Waals surface area contributed by atoms with E-state index >= 15 is 0 Å². The fourth-order valence-corrected chi connectivity index (χ4v) is 3.76. The van der Waals surface area contributed by atoms with E-state index in [0.717, 1.165) is 26.9 Å². The molecule has 1 N–H and O–H groups in total. The van der Waals surface area contributed by atoms with E-state index in [9.17, 15) is 9.90 Å². The van der Waals surface area contributed by atoms with Crippen LogP contribution in [-0.2, 0) is 6.54 Å². The van der Waals surface area contributed by atoms with Crippen molar-refractivity contribution in [3.8, 4) is 0 Å². The van der Waals surface area contributed by atoms with Crippen molar-refractivity contribution in [2.75, 3.05) is 17.7 Å². The van der Waals surface area contributed by atoms with Gasteiger partial charge in [0.1, 0.15) is 0 Å². The molecule has 0 radical (unpaired) electrons. The zero-order valence-corrected chi connectivity index (χ0v) is 13.9. The fourth-order valence-electron chi connectivity index (χ4n) is 2.11. The van der Waals surface area contributed by atoms with Gasteiger partial charge in [-0.1, -0.05) is 13.0 Å². The summed E-state index contributed by atoms with van der Waals surface area (Å²) in [7, 11) is 1.92. The Morgan fingerprint density at radius 1 is 1.48 bits per heavy atom. The zero-order valence-electron chi connectivity index (χ0n) is 12.3. The third-order valence-corrected chi connectivity index (χ3v) is 5.01. The first-order valence-electron chi connectivity index (χ1n) is 6.63. The van der Waals surface area contributed by atoms with E-state index in [1.165, 1.54) is 0 Å². The number of hydrogen-bond acceptors (Lipinski definition) is 5. The van der Waals surface area contributed by atoms with Crippen LogP contribution in [0.2, 0.25) is 0 Å². The minimum absolute atomic E-state index is 0.383. The topological polar surface area (TPSA) is 53.4 Å². The van der Waals surface area contributed by atoms with E-state index in [0.29, 0.717) is 12.1 Å².